The maximum atomic E-state index is 5.90. The van der Waals surface area contributed by atoms with Gasteiger partial charge >= 0.3 is 0 Å². The maximum Gasteiger partial charge on any atom is 0.131 e. The Labute approximate surface area is 122 Å². The summed E-state index contributed by atoms with van der Waals surface area (Å²) in [7, 11) is 2.17. The van der Waals surface area contributed by atoms with Crippen molar-refractivity contribution in [3.63, 3.8) is 0 Å². The zero-order valence-corrected chi connectivity index (χ0v) is 13.1. The number of nitrogens with two attached hydrogens (primary N) is 1. The third kappa shape index (κ3) is 3.48. The molecule has 0 saturated heterocycles. The summed E-state index contributed by atoms with van der Waals surface area (Å²) in [5.74, 6) is 1.24. The van der Waals surface area contributed by atoms with Gasteiger partial charge in [0.1, 0.15) is 5.82 Å². The van der Waals surface area contributed by atoms with E-state index in [0.29, 0.717) is 18.5 Å². The lowest BCUT2D eigenvalue weighted by atomic mass is 10.1. The van der Waals surface area contributed by atoms with E-state index in [-0.39, 0.29) is 0 Å². The largest absolute Gasteiger partial charge is 0.369 e. The van der Waals surface area contributed by atoms with Gasteiger partial charge in [0, 0.05) is 25.6 Å². The lowest BCUT2D eigenvalue weighted by Crippen LogP contribution is -2.32. The highest BCUT2D eigenvalue weighted by Crippen LogP contribution is 2.27. The van der Waals surface area contributed by atoms with Gasteiger partial charge in [-0.05, 0) is 12.8 Å². The van der Waals surface area contributed by atoms with Crippen LogP contribution in [-0.2, 0) is 6.54 Å². The van der Waals surface area contributed by atoms with Gasteiger partial charge < -0.3 is 10.6 Å². The first kappa shape index (κ1) is 15.2. The first-order chi connectivity index (χ1) is 9.63. The molecule has 1 fully saturated rings. The summed E-state index contributed by atoms with van der Waals surface area (Å²) in [6, 6.07) is 0.608. The van der Waals surface area contributed by atoms with Gasteiger partial charge in [0.15, 0.2) is 0 Å². The van der Waals surface area contributed by atoms with Crippen molar-refractivity contribution in [1.29, 1.82) is 0 Å². The predicted octanol–water partition coefficient (Wildman–Crippen LogP) is 3.22. The Morgan fingerprint density at radius 1 is 1.25 bits per heavy atom. The van der Waals surface area contributed by atoms with E-state index in [1.165, 1.54) is 38.5 Å². The molecule has 0 unspecified atom stereocenters. The topological polar surface area (TPSA) is 55.0 Å². The van der Waals surface area contributed by atoms with E-state index < -0.39 is 0 Å². The van der Waals surface area contributed by atoms with E-state index >= 15 is 0 Å². The third-order valence-electron chi connectivity index (χ3n) is 4.33. The molecular weight excluding hydrogens is 248 g/mol. The first-order valence-electron chi connectivity index (χ1n) is 7.92. The van der Waals surface area contributed by atoms with E-state index in [1.54, 1.807) is 0 Å². The van der Waals surface area contributed by atoms with Crippen molar-refractivity contribution < 1.29 is 0 Å². The summed E-state index contributed by atoms with van der Waals surface area (Å²) in [5.41, 5.74) is 8.00. The highest BCUT2D eigenvalue weighted by atomic mass is 15.2. The van der Waals surface area contributed by atoms with Crippen molar-refractivity contribution in [3.05, 3.63) is 17.7 Å². The van der Waals surface area contributed by atoms with Gasteiger partial charge in [-0.1, -0.05) is 39.5 Å². The van der Waals surface area contributed by atoms with Crippen LogP contribution in [-0.4, -0.2) is 23.1 Å². The zero-order chi connectivity index (χ0) is 14.5. The fourth-order valence-electron chi connectivity index (χ4n) is 2.99. The minimum absolute atomic E-state index is 0.345. The number of nitrogens with zero attached hydrogens (tertiary/aromatic N) is 3. The lowest BCUT2D eigenvalue weighted by molar-refractivity contribution is 0.549. The lowest BCUT2D eigenvalue weighted by Gasteiger charge is -2.30. The van der Waals surface area contributed by atoms with E-state index in [1.807, 2.05) is 6.20 Å². The minimum Gasteiger partial charge on any atom is -0.369 e. The number of aromatic nitrogens is 2. The fourth-order valence-corrected chi connectivity index (χ4v) is 2.99. The van der Waals surface area contributed by atoms with Gasteiger partial charge in [-0.3, -0.25) is 0 Å². The molecule has 1 aromatic rings. The van der Waals surface area contributed by atoms with Crippen LogP contribution in [0, 0.1) is 0 Å². The summed E-state index contributed by atoms with van der Waals surface area (Å²) in [4.78, 5) is 11.5. The van der Waals surface area contributed by atoms with Crippen LogP contribution < -0.4 is 10.6 Å². The van der Waals surface area contributed by atoms with Crippen LogP contribution >= 0.6 is 0 Å². The summed E-state index contributed by atoms with van der Waals surface area (Å²) in [5, 5.41) is 0. The third-order valence-corrected chi connectivity index (χ3v) is 4.33. The monoisotopic (exact) mass is 276 g/mol. The molecule has 20 heavy (non-hydrogen) atoms. The summed E-state index contributed by atoms with van der Waals surface area (Å²) in [6.45, 7) is 4.71. The molecule has 1 aliphatic rings. The molecule has 2 rings (SSSR count). The first-order valence-corrected chi connectivity index (χ1v) is 7.92. The zero-order valence-electron chi connectivity index (χ0n) is 13.1. The Balaban J connectivity index is 2.21. The second-order valence-electron chi connectivity index (χ2n) is 6.18. The van der Waals surface area contributed by atoms with Crippen LogP contribution in [0.1, 0.15) is 69.8 Å². The van der Waals surface area contributed by atoms with Crippen molar-refractivity contribution in [2.75, 3.05) is 11.9 Å². The molecule has 4 nitrogen and oxygen atoms in total. The molecule has 0 atom stereocenters. The van der Waals surface area contributed by atoms with Gasteiger partial charge in [-0.2, -0.15) is 0 Å². The van der Waals surface area contributed by atoms with Crippen molar-refractivity contribution in [3.8, 4) is 0 Å². The van der Waals surface area contributed by atoms with Crippen molar-refractivity contribution >= 4 is 5.69 Å². The van der Waals surface area contributed by atoms with Crippen LogP contribution in [0.25, 0.3) is 0 Å². The molecule has 4 heteroatoms. The van der Waals surface area contributed by atoms with E-state index in [2.05, 4.69) is 35.8 Å². The molecule has 0 amide bonds. The Hall–Kier alpha value is -1.16. The number of hydrogen-bond acceptors (Lipinski definition) is 4. The number of hydrogen-bond donors (Lipinski definition) is 1. The van der Waals surface area contributed by atoms with E-state index in [0.717, 1.165) is 17.2 Å². The second kappa shape index (κ2) is 7.02. The quantitative estimate of drug-likeness (QED) is 0.858. The molecule has 1 saturated carbocycles. The Kier molecular flexibility index (Phi) is 5.35. The highest BCUT2D eigenvalue weighted by Gasteiger charge is 2.20. The molecule has 1 aliphatic carbocycles. The van der Waals surface area contributed by atoms with Gasteiger partial charge in [0.2, 0.25) is 0 Å². The fraction of sp³-hybridized carbons (Fsp3) is 0.750. The predicted molar refractivity (Wildman–Crippen MR) is 83.9 cm³/mol. The van der Waals surface area contributed by atoms with Crippen molar-refractivity contribution in [1.82, 2.24) is 9.97 Å². The number of anilines is 1. The average molecular weight is 276 g/mol. The molecule has 0 aliphatic heterocycles. The Morgan fingerprint density at radius 2 is 1.90 bits per heavy atom. The second-order valence-corrected chi connectivity index (χ2v) is 6.18. The molecule has 112 valence electrons. The summed E-state index contributed by atoms with van der Waals surface area (Å²) < 4.78 is 0. The van der Waals surface area contributed by atoms with Crippen molar-refractivity contribution in [2.45, 2.75) is 70.9 Å². The van der Waals surface area contributed by atoms with Crippen LogP contribution in [0.3, 0.4) is 0 Å². The molecule has 0 bridgehead atoms. The molecule has 0 radical (unpaired) electrons. The summed E-state index contributed by atoms with van der Waals surface area (Å²) in [6.07, 6.45) is 9.91. The molecule has 1 aromatic heterocycles. The van der Waals surface area contributed by atoms with Crippen molar-refractivity contribution in [2.24, 2.45) is 5.73 Å². The normalized spacial score (nSPS) is 17.2. The minimum atomic E-state index is 0.345. The molecule has 0 aromatic carbocycles. The van der Waals surface area contributed by atoms with Crippen LogP contribution in [0.2, 0.25) is 0 Å². The van der Waals surface area contributed by atoms with Gasteiger partial charge in [0.25, 0.3) is 0 Å². The summed E-state index contributed by atoms with van der Waals surface area (Å²) >= 11 is 0. The van der Waals surface area contributed by atoms with Crippen LogP contribution in [0.15, 0.2) is 6.20 Å². The standard InChI is InChI=1S/C16H28N4/c1-12(2)16-18-11-15(14(10-17)19-16)20(3)13-8-6-4-5-7-9-13/h11-13H,4-10,17H2,1-3H3. The van der Waals surface area contributed by atoms with E-state index in [4.69, 9.17) is 5.73 Å². The molecule has 1 heterocycles. The van der Waals surface area contributed by atoms with Crippen LogP contribution in [0.5, 0.6) is 0 Å². The van der Waals surface area contributed by atoms with Gasteiger partial charge in [-0.15, -0.1) is 0 Å². The van der Waals surface area contributed by atoms with Gasteiger partial charge in [0.05, 0.1) is 17.6 Å². The number of rotatable bonds is 4. The SMILES string of the molecule is CC(C)c1ncc(N(C)C2CCCCCC2)c(CN)n1. The van der Waals surface area contributed by atoms with Crippen LogP contribution in [0.4, 0.5) is 5.69 Å². The van der Waals surface area contributed by atoms with Gasteiger partial charge in [-0.25, -0.2) is 9.97 Å². The highest BCUT2D eigenvalue weighted by molar-refractivity contribution is 5.49. The maximum absolute atomic E-state index is 5.90. The smallest absolute Gasteiger partial charge is 0.131 e. The molecule has 2 N–H and O–H groups in total. The Morgan fingerprint density at radius 3 is 2.45 bits per heavy atom. The average Bonchev–Trinajstić information content (AvgIpc) is 2.74. The molecular formula is C16H28N4. The molecule has 0 spiro atoms. The Bertz CT molecular complexity index is 422. The van der Waals surface area contributed by atoms with E-state index in [9.17, 15) is 0 Å².